The van der Waals surface area contributed by atoms with E-state index in [0.29, 0.717) is 5.75 Å². The summed E-state index contributed by atoms with van der Waals surface area (Å²) in [4.78, 5) is 2.27. The van der Waals surface area contributed by atoms with Crippen LogP contribution >= 0.6 is 15.9 Å². The first kappa shape index (κ1) is 11.5. The average Bonchev–Trinajstić information content (AvgIpc) is 2.20. The second kappa shape index (κ2) is 5.37. The highest BCUT2D eigenvalue weighted by atomic mass is 79.9. The molecule has 0 aliphatic heterocycles. The van der Waals surface area contributed by atoms with Gasteiger partial charge < -0.3 is 5.11 Å². The number of phenolic OH excluding ortho intramolecular Hbond substituents is 1. The van der Waals surface area contributed by atoms with E-state index >= 15 is 0 Å². The molecule has 0 aliphatic rings. The number of aromatic hydroxyl groups is 1. The Hall–Kier alpha value is -0.540. The molecular weight excluding hydrogens is 242 g/mol. The van der Waals surface area contributed by atoms with E-state index in [2.05, 4.69) is 34.7 Å². The van der Waals surface area contributed by atoms with Gasteiger partial charge >= 0.3 is 0 Å². The van der Waals surface area contributed by atoms with Gasteiger partial charge in [-0.15, -0.1) is 0 Å². The fourth-order valence-corrected chi connectivity index (χ4v) is 1.78. The summed E-state index contributed by atoms with van der Waals surface area (Å²) in [6.45, 7) is 7.06. The van der Waals surface area contributed by atoms with Crippen molar-refractivity contribution >= 4 is 15.9 Å². The van der Waals surface area contributed by atoms with Crippen molar-refractivity contribution in [1.82, 2.24) is 4.90 Å². The SMILES string of the molecule is CCN(CC)Cc1cccc(Br)c1O. The van der Waals surface area contributed by atoms with Crippen LogP contribution in [0.2, 0.25) is 0 Å². The number of hydrogen-bond acceptors (Lipinski definition) is 2. The highest BCUT2D eigenvalue weighted by Gasteiger charge is 2.07. The second-order valence-electron chi connectivity index (χ2n) is 3.21. The molecular formula is C11H16BrNO. The van der Waals surface area contributed by atoms with Crippen molar-refractivity contribution in [2.75, 3.05) is 13.1 Å². The van der Waals surface area contributed by atoms with E-state index in [1.54, 1.807) is 0 Å². The van der Waals surface area contributed by atoms with Gasteiger partial charge in [0.2, 0.25) is 0 Å². The number of rotatable bonds is 4. The maximum Gasteiger partial charge on any atom is 0.134 e. The lowest BCUT2D eigenvalue weighted by Crippen LogP contribution is -2.22. The van der Waals surface area contributed by atoms with E-state index in [0.717, 1.165) is 29.7 Å². The summed E-state index contributed by atoms with van der Waals surface area (Å²) in [6.07, 6.45) is 0. The molecule has 3 heteroatoms. The maximum absolute atomic E-state index is 9.76. The zero-order chi connectivity index (χ0) is 10.6. The molecule has 0 amide bonds. The van der Waals surface area contributed by atoms with Crippen molar-refractivity contribution in [2.45, 2.75) is 20.4 Å². The first-order chi connectivity index (χ1) is 6.69. The monoisotopic (exact) mass is 257 g/mol. The van der Waals surface area contributed by atoms with Gasteiger partial charge in [0.15, 0.2) is 0 Å². The summed E-state index contributed by atoms with van der Waals surface area (Å²) in [7, 11) is 0. The van der Waals surface area contributed by atoms with E-state index in [1.165, 1.54) is 0 Å². The number of hydrogen-bond donors (Lipinski definition) is 1. The van der Waals surface area contributed by atoms with Gasteiger partial charge in [0.25, 0.3) is 0 Å². The van der Waals surface area contributed by atoms with Crippen LogP contribution in [0.25, 0.3) is 0 Å². The van der Waals surface area contributed by atoms with Crippen LogP contribution in [0.5, 0.6) is 5.75 Å². The fraction of sp³-hybridized carbons (Fsp3) is 0.455. The Morgan fingerprint density at radius 1 is 1.29 bits per heavy atom. The third kappa shape index (κ3) is 2.72. The summed E-state index contributed by atoms with van der Waals surface area (Å²) in [5.74, 6) is 0.361. The normalized spacial score (nSPS) is 10.9. The Morgan fingerprint density at radius 2 is 1.93 bits per heavy atom. The number of phenols is 1. The zero-order valence-corrected chi connectivity index (χ0v) is 10.2. The van der Waals surface area contributed by atoms with Gasteiger partial charge in [-0.3, -0.25) is 4.90 Å². The first-order valence-corrected chi connectivity index (χ1v) is 5.67. The first-order valence-electron chi connectivity index (χ1n) is 4.87. The molecule has 0 aromatic heterocycles. The van der Waals surface area contributed by atoms with Crippen LogP contribution in [0.4, 0.5) is 0 Å². The minimum atomic E-state index is 0.361. The quantitative estimate of drug-likeness (QED) is 0.897. The van der Waals surface area contributed by atoms with Crippen molar-refractivity contribution in [2.24, 2.45) is 0 Å². The Balaban J connectivity index is 2.80. The lowest BCUT2D eigenvalue weighted by molar-refractivity contribution is 0.290. The minimum absolute atomic E-state index is 0.361. The van der Waals surface area contributed by atoms with Gasteiger partial charge in [0, 0.05) is 12.1 Å². The third-order valence-corrected chi connectivity index (χ3v) is 3.00. The molecule has 0 unspecified atom stereocenters. The van der Waals surface area contributed by atoms with Crippen LogP contribution in [-0.2, 0) is 6.54 Å². The predicted molar refractivity (Wildman–Crippen MR) is 62.4 cm³/mol. The van der Waals surface area contributed by atoms with Gasteiger partial charge in [-0.1, -0.05) is 26.0 Å². The van der Waals surface area contributed by atoms with Gasteiger partial charge in [-0.2, -0.15) is 0 Å². The number of halogens is 1. The van der Waals surface area contributed by atoms with Crippen LogP contribution < -0.4 is 0 Å². The van der Waals surface area contributed by atoms with Crippen molar-refractivity contribution in [1.29, 1.82) is 0 Å². The maximum atomic E-state index is 9.76. The van der Waals surface area contributed by atoms with Crippen LogP contribution in [0.3, 0.4) is 0 Å². The molecule has 14 heavy (non-hydrogen) atoms. The van der Waals surface area contributed by atoms with Crippen LogP contribution in [0.15, 0.2) is 22.7 Å². The van der Waals surface area contributed by atoms with Crippen LogP contribution in [-0.4, -0.2) is 23.1 Å². The van der Waals surface area contributed by atoms with E-state index in [-0.39, 0.29) is 0 Å². The second-order valence-corrected chi connectivity index (χ2v) is 4.06. The summed E-state index contributed by atoms with van der Waals surface area (Å²) in [6, 6.07) is 5.75. The van der Waals surface area contributed by atoms with Gasteiger partial charge in [-0.25, -0.2) is 0 Å². The number of para-hydroxylation sites is 1. The van der Waals surface area contributed by atoms with Crippen molar-refractivity contribution < 1.29 is 5.11 Å². The van der Waals surface area contributed by atoms with Gasteiger partial charge in [0.1, 0.15) is 5.75 Å². The van der Waals surface area contributed by atoms with Crippen LogP contribution in [0, 0.1) is 0 Å². The fourth-order valence-electron chi connectivity index (χ4n) is 1.38. The smallest absolute Gasteiger partial charge is 0.134 e. The van der Waals surface area contributed by atoms with E-state index in [4.69, 9.17) is 0 Å². The topological polar surface area (TPSA) is 23.5 Å². The van der Waals surface area contributed by atoms with Crippen molar-refractivity contribution in [3.8, 4) is 5.75 Å². The molecule has 0 radical (unpaired) electrons. The van der Waals surface area contributed by atoms with Crippen molar-refractivity contribution in [3.63, 3.8) is 0 Å². The molecule has 0 saturated carbocycles. The largest absolute Gasteiger partial charge is 0.506 e. The van der Waals surface area contributed by atoms with Gasteiger partial charge in [-0.05, 0) is 35.1 Å². The number of benzene rings is 1. The molecule has 0 saturated heterocycles. The van der Waals surface area contributed by atoms with E-state index < -0.39 is 0 Å². The molecule has 0 heterocycles. The minimum Gasteiger partial charge on any atom is -0.506 e. The summed E-state index contributed by atoms with van der Waals surface area (Å²) in [5.41, 5.74) is 0.975. The van der Waals surface area contributed by atoms with Gasteiger partial charge in [0.05, 0.1) is 4.47 Å². The Morgan fingerprint density at radius 3 is 2.50 bits per heavy atom. The Kier molecular flexibility index (Phi) is 4.42. The molecule has 0 spiro atoms. The highest BCUT2D eigenvalue weighted by Crippen LogP contribution is 2.28. The average molecular weight is 258 g/mol. The highest BCUT2D eigenvalue weighted by molar-refractivity contribution is 9.10. The summed E-state index contributed by atoms with van der Waals surface area (Å²) in [5, 5.41) is 9.76. The molecule has 1 aromatic carbocycles. The van der Waals surface area contributed by atoms with Crippen molar-refractivity contribution in [3.05, 3.63) is 28.2 Å². The van der Waals surface area contributed by atoms with Crippen LogP contribution in [0.1, 0.15) is 19.4 Å². The van der Waals surface area contributed by atoms with E-state index in [9.17, 15) is 5.11 Å². The number of nitrogens with zero attached hydrogens (tertiary/aromatic N) is 1. The lowest BCUT2D eigenvalue weighted by Gasteiger charge is -2.18. The molecule has 78 valence electrons. The standard InChI is InChI=1S/C11H16BrNO/c1-3-13(4-2)8-9-6-5-7-10(12)11(9)14/h5-7,14H,3-4,8H2,1-2H3. The third-order valence-electron chi connectivity index (χ3n) is 2.36. The predicted octanol–water partition coefficient (Wildman–Crippen LogP) is 3.00. The Labute approximate surface area is 93.7 Å². The molecule has 0 bridgehead atoms. The Bertz CT molecular complexity index is 297. The molecule has 0 aliphatic carbocycles. The zero-order valence-electron chi connectivity index (χ0n) is 8.63. The lowest BCUT2D eigenvalue weighted by atomic mass is 10.2. The molecule has 1 N–H and O–H groups in total. The molecule has 0 fully saturated rings. The summed E-state index contributed by atoms with van der Waals surface area (Å²) < 4.78 is 0.766. The summed E-state index contributed by atoms with van der Waals surface area (Å²) >= 11 is 3.31. The molecule has 1 rings (SSSR count). The van der Waals surface area contributed by atoms with E-state index in [1.807, 2.05) is 18.2 Å². The molecule has 1 aromatic rings. The molecule has 2 nitrogen and oxygen atoms in total. The molecule has 0 atom stereocenters.